The van der Waals surface area contributed by atoms with Gasteiger partial charge in [0.2, 0.25) is 5.91 Å². The van der Waals surface area contributed by atoms with Crippen molar-refractivity contribution in [1.29, 1.82) is 0 Å². The number of rotatable bonds is 5. The molecule has 1 N–H and O–H groups in total. The molecule has 0 saturated carbocycles. The van der Waals surface area contributed by atoms with Gasteiger partial charge >= 0.3 is 0 Å². The van der Waals surface area contributed by atoms with Crippen LogP contribution < -0.4 is 5.32 Å². The second-order valence-electron chi connectivity index (χ2n) is 6.50. The fraction of sp³-hybridized carbons (Fsp3) is 0.476. The summed E-state index contributed by atoms with van der Waals surface area (Å²) < 4.78 is 13.4. The van der Waals surface area contributed by atoms with Crippen molar-refractivity contribution in [2.45, 2.75) is 52.4 Å². The average Bonchev–Trinajstić information content (AvgIpc) is 2.69. The highest BCUT2D eigenvalue weighted by molar-refractivity contribution is 6.29. The first-order chi connectivity index (χ1) is 13.5. The Morgan fingerprint density at radius 3 is 2.82 bits per heavy atom. The molecule has 1 aliphatic rings. The number of benzene rings is 1. The van der Waals surface area contributed by atoms with Crippen molar-refractivity contribution in [1.82, 2.24) is 14.9 Å². The van der Waals surface area contributed by atoms with E-state index in [2.05, 4.69) is 15.3 Å². The predicted molar refractivity (Wildman–Crippen MR) is 112 cm³/mol. The van der Waals surface area contributed by atoms with Crippen molar-refractivity contribution in [2.24, 2.45) is 0 Å². The number of nitrogens with zero attached hydrogens (tertiary/aromatic N) is 3. The molecule has 1 unspecified atom stereocenters. The third-order valence-electron chi connectivity index (χ3n) is 4.41. The highest BCUT2D eigenvalue weighted by Crippen LogP contribution is 2.28. The van der Waals surface area contributed by atoms with E-state index in [9.17, 15) is 9.18 Å². The predicted octanol–water partition coefficient (Wildman–Crippen LogP) is 5.55. The largest absolute Gasteiger partial charge is 0.342 e. The van der Waals surface area contributed by atoms with Crippen LogP contribution in [0.1, 0.15) is 58.2 Å². The third kappa shape index (κ3) is 6.16. The summed E-state index contributed by atoms with van der Waals surface area (Å²) in [5.41, 5.74) is 0.592. The molecule has 1 aromatic heterocycles. The van der Waals surface area contributed by atoms with Gasteiger partial charge in [-0.2, -0.15) is 0 Å². The first kappa shape index (κ1) is 22.1. The van der Waals surface area contributed by atoms with Crippen LogP contribution in [0.25, 0.3) is 0 Å². The molecule has 0 radical (unpaired) electrons. The molecule has 1 atom stereocenters. The Morgan fingerprint density at radius 2 is 2.11 bits per heavy atom. The maximum absolute atomic E-state index is 13.4. The van der Waals surface area contributed by atoms with Gasteiger partial charge in [-0.05, 0) is 37.5 Å². The molecule has 0 aliphatic carbocycles. The van der Waals surface area contributed by atoms with Gasteiger partial charge in [-0.3, -0.25) is 4.79 Å². The molecule has 0 spiro atoms. The van der Waals surface area contributed by atoms with Gasteiger partial charge in [0.05, 0.1) is 0 Å². The molecular weight excluding hydrogens is 379 g/mol. The molecule has 2 heterocycles. The van der Waals surface area contributed by atoms with Gasteiger partial charge < -0.3 is 10.2 Å². The minimum atomic E-state index is -0.326. The van der Waals surface area contributed by atoms with E-state index in [0.717, 1.165) is 25.8 Å². The number of carbonyl (C=O) groups is 1. The summed E-state index contributed by atoms with van der Waals surface area (Å²) >= 11 is 6.17. The molecule has 152 valence electrons. The smallest absolute Gasteiger partial charge is 0.222 e. The van der Waals surface area contributed by atoms with Crippen LogP contribution in [0, 0.1) is 5.82 Å². The normalized spacial score (nSPS) is 16.2. The van der Waals surface area contributed by atoms with E-state index in [-0.39, 0.29) is 17.6 Å². The Morgan fingerprint density at radius 1 is 1.32 bits per heavy atom. The monoisotopic (exact) mass is 406 g/mol. The number of hydrogen-bond donors (Lipinski definition) is 1. The highest BCUT2D eigenvalue weighted by Gasteiger charge is 2.26. The number of aromatic nitrogens is 2. The highest BCUT2D eigenvalue weighted by atomic mass is 35.5. The van der Waals surface area contributed by atoms with E-state index in [1.54, 1.807) is 18.2 Å². The van der Waals surface area contributed by atoms with E-state index in [1.807, 2.05) is 25.7 Å². The van der Waals surface area contributed by atoms with Crippen LogP contribution in [-0.2, 0) is 4.79 Å². The molecule has 1 fully saturated rings. The summed E-state index contributed by atoms with van der Waals surface area (Å²) in [5, 5.41) is 3.39. The maximum Gasteiger partial charge on any atom is 0.222 e. The van der Waals surface area contributed by atoms with E-state index < -0.39 is 0 Å². The second-order valence-corrected chi connectivity index (χ2v) is 6.89. The van der Waals surface area contributed by atoms with E-state index in [1.165, 1.54) is 12.1 Å². The fourth-order valence-electron chi connectivity index (χ4n) is 3.18. The number of likely N-dealkylation sites (tertiary alicyclic amines) is 1. The molecule has 1 saturated heterocycles. The molecule has 2 aromatic rings. The number of amides is 1. The van der Waals surface area contributed by atoms with Crippen molar-refractivity contribution in [3.05, 3.63) is 47.1 Å². The average molecular weight is 407 g/mol. The minimum absolute atomic E-state index is 0.0521. The molecule has 0 bridgehead atoms. The standard InChI is InChI=1S/C19H22ClFN4O.C2H6/c1-2-5-18(26)25-9-4-6-13(12-25)19-23-16(20)11-17(24-19)22-15-8-3-7-14(21)10-15;1-2/h3,7-8,10-11,13H,2,4-6,9,12H2,1H3,(H,22,23,24);1-2H3. The zero-order chi connectivity index (χ0) is 20.5. The number of nitrogens with one attached hydrogen (secondary N) is 1. The van der Waals surface area contributed by atoms with Crippen LogP contribution in [0.5, 0.6) is 0 Å². The van der Waals surface area contributed by atoms with Crippen LogP contribution in [0.2, 0.25) is 5.15 Å². The summed E-state index contributed by atoms with van der Waals surface area (Å²) in [4.78, 5) is 23.0. The van der Waals surface area contributed by atoms with Gasteiger partial charge in [-0.1, -0.05) is 38.4 Å². The molecule has 3 rings (SSSR count). The van der Waals surface area contributed by atoms with Crippen LogP contribution in [-0.4, -0.2) is 33.9 Å². The number of piperidine rings is 1. The minimum Gasteiger partial charge on any atom is -0.342 e. The van der Waals surface area contributed by atoms with Crippen molar-refractivity contribution in [3.63, 3.8) is 0 Å². The maximum atomic E-state index is 13.4. The topological polar surface area (TPSA) is 58.1 Å². The zero-order valence-electron chi connectivity index (χ0n) is 16.7. The van der Waals surface area contributed by atoms with E-state index >= 15 is 0 Å². The molecule has 1 aliphatic heterocycles. The van der Waals surface area contributed by atoms with Crippen LogP contribution in [0.3, 0.4) is 0 Å². The van der Waals surface area contributed by atoms with Gasteiger partial charge in [-0.25, -0.2) is 14.4 Å². The molecule has 1 aromatic carbocycles. The lowest BCUT2D eigenvalue weighted by Crippen LogP contribution is -2.39. The van der Waals surface area contributed by atoms with Crippen molar-refractivity contribution < 1.29 is 9.18 Å². The SMILES string of the molecule is CC.CCCC(=O)N1CCCC(c2nc(Cl)cc(Nc3cccc(F)c3)n2)C1. The number of halogens is 2. The lowest BCUT2D eigenvalue weighted by atomic mass is 9.96. The number of anilines is 2. The lowest BCUT2D eigenvalue weighted by molar-refractivity contribution is -0.132. The van der Waals surface area contributed by atoms with E-state index in [4.69, 9.17) is 11.6 Å². The zero-order valence-corrected chi connectivity index (χ0v) is 17.5. The van der Waals surface area contributed by atoms with Gasteiger partial charge in [0.1, 0.15) is 22.6 Å². The van der Waals surface area contributed by atoms with Crippen LogP contribution in [0.15, 0.2) is 30.3 Å². The molecule has 28 heavy (non-hydrogen) atoms. The van der Waals surface area contributed by atoms with Crippen molar-refractivity contribution in [2.75, 3.05) is 18.4 Å². The summed E-state index contributed by atoms with van der Waals surface area (Å²) in [6, 6.07) is 7.76. The van der Waals surface area contributed by atoms with Crippen LogP contribution in [0.4, 0.5) is 15.9 Å². The van der Waals surface area contributed by atoms with Crippen molar-refractivity contribution in [3.8, 4) is 0 Å². The van der Waals surface area contributed by atoms with Gasteiger partial charge in [0.15, 0.2) is 0 Å². The van der Waals surface area contributed by atoms with Gasteiger partial charge in [0, 0.05) is 37.2 Å². The number of carbonyl (C=O) groups excluding carboxylic acids is 1. The first-order valence-electron chi connectivity index (χ1n) is 9.90. The fourth-order valence-corrected chi connectivity index (χ4v) is 3.37. The quantitative estimate of drug-likeness (QED) is 0.662. The summed E-state index contributed by atoms with van der Waals surface area (Å²) in [5.74, 6) is 1.04. The van der Waals surface area contributed by atoms with Gasteiger partial charge in [0.25, 0.3) is 0 Å². The third-order valence-corrected chi connectivity index (χ3v) is 4.61. The van der Waals surface area contributed by atoms with Crippen molar-refractivity contribution >= 4 is 29.0 Å². The summed E-state index contributed by atoms with van der Waals surface area (Å²) in [7, 11) is 0. The molecule has 5 nitrogen and oxygen atoms in total. The Labute approximate surface area is 171 Å². The summed E-state index contributed by atoms with van der Waals surface area (Å²) in [6.07, 6.45) is 3.24. The second kappa shape index (κ2) is 11.0. The van der Waals surface area contributed by atoms with Crippen LogP contribution >= 0.6 is 11.6 Å². The van der Waals surface area contributed by atoms with Gasteiger partial charge in [-0.15, -0.1) is 0 Å². The first-order valence-corrected chi connectivity index (χ1v) is 10.3. The molecule has 1 amide bonds. The van der Waals surface area contributed by atoms with E-state index in [0.29, 0.717) is 35.4 Å². The Bertz CT molecular complexity index is 787. The number of hydrogen-bond acceptors (Lipinski definition) is 4. The lowest BCUT2D eigenvalue weighted by Gasteiger charge is -2.32. The Balaban J connectivity index is 0.00000136. The molecule has 7 heteroatoms. The Kier molecular flexibility index (Phi) is 8.64. The Hall–Kier alpha value is -2.21. The summed E-state index contributed by atoms with van der Waals surface area (Å²) in [6.45, 7) is 7.40. The molecular formula is C21H28ClFN4O.